The van der Waals surface area contributed by atoms with E-state index in [0.717, 1.165) is 17.0 Å². The van der Waals surface area contributed by atoms with Gasteiger partial charge in [-0.05, 0) is 30.2 Å². The number of aromatic nitrogens is 1. The topological polar surface area (TPSA) is 142 Å². The monoisotopic (exact) mass is 430 g/mol. The molecule has 162 valence electrons. The molecule has 0 radical (unpaired) electrons. The number of halogens is 1. The summed E-state index contributed by atoms with van der Waals surface area (Å²) in [4.78, 5) is 47.9. The summed E-state index contributed by atoms with van der Waals surface area (Å²) in [6.07, 6.45) is 0.199. The van der Waals surface area contributed by atoms with Crippen molar-refractivity contribution in [2.75, 3.05) is 7.05 Å². The van der Waals surface area contributed by atoms with E-state index >= 15 is 0 Å². The number of nitro groups is 1. The second-order valence-electron chi connectivity index (χ2n) is 6.90. The lowest BCUT2D eigenvalue weighted by Crippen LogP contribution is -2.39. The normalized spacial score (nSPS) is 11.9. The first-order chi connectivity index (χ1) is 14.7. The number of nitro benzene ring substituents is 1. The van der Waals surface area contributed by atoms with Crippen LogP contribution in [0.15, 0.2) is 51.7 Å². The summed E-state index contributed by atoms with van der Waals surface area (Å²) < 4.78 is 19.8. The number of carbonyl (C=O) groups excluding carboxylic acids is 2. The van der Waals surface area contributed by atoms with Gasteiger partial charge in [0, 0.05) is 26.1 Å². The van der Waals surface area contributed by atoms with Crippen LogP contribution in [0.25, 0.3) is 11.1 Å². The fourth-order valence-electron chi connectivity index (χ4n) is 3.34. The van der Waals surface area contributed by atoms with Crippen molar-refractivity contribution in [2.24, 2.45) is 5.73 Å². The van der Waals surface area contributed by atoms with Gasteiger partial charge in [0.1, 0.15) is 11.9 Å². The van der Waals surface area contributed by atoms with Crippen LogP contribution in [0.1, 0.15) is 24.4 Å². The zero-order valence-electron chi connectivity index (χ0n) is 16.5. The number of likely N-dealkylation sites (N-methyl/N-ethyl adjacent to an activating group) is 1. The number of aryl methyl sites for hydroxylation is 1. The maximum absolute atomic E-state index is 13.5. The molecule has 2 amide bonds. The Bertz CT molecular complexity index is 1220. The minimum Gasteiger partial charge on any atom is -0.407 e. The van der Waals surface area contributed by atoms with E-state index in [1.54, 1.807) is 0 Å². The van der Waals surface area contributed by atoms with Crippen molar-refractivity contribution >= 4 is 28.6 Å². The highest BCUT2D eigenvalue weighted by Gasteiger charge is 2.27. The quantitative estimate of drug-likeness (QED) is 0.428. The van der Waals surface area contributed by atoms with Crippen LogP contribution in [0.3, 0.4) is 0 Å². The van der Waals surface area contributed by atoms with Gasteiger partial charge in [-0.15, -0.1) is 0 Å². The molecule has 2 aromatic carbocycles. The summed E-state index contributed by atoms with van der Waals surface area (Å²) in [6.45, 7) is 0.116. The van der Waals surface area contributed by atoms with Crippen LogP contribution in [-0.4, -0.2) is 33.3 Å². The molecular formula is C20H19FN4O6. The second kappa shape index (κ2) is 8.78. The van der Waals surface area contributed by atoms with E-state index in [1.165, 1.54) is 41.9 Å². The number of primary amides is 1. The van der Waals surface area contributed by atoms with Crippen molar-refractivity contribution in [2.45, 2.75) is 25.4 Å². The number of hydrogen-bond acceptors (Lipinski definition) is 6. The minimum absolute atomic E-state index is 0.0261. The Hall–Kier alpha value is -4.02. The number of nitrogens with two attached hydrogens (primary N) is 1. The Kier molecular flexibility index (Phi) is 6.14. The van der Waals surface area contributed by atoms with Crippen molar-refractivity contribution in [3.8, 4) is 0 Å². The highest BCUT2D eigenvalue weighted by atomic mass is 19.1. The van der Waals surface area contributed by atoms with E-state index in [2.05, 4.69) is 0 Å². The number of amides is 2. The van der Waals surface area contributed by atoms with E-state index in [9.17, 15) is 28.9 Å². The summed E-state index contributed by atoms with van der Waals surface area (Å²) >= 11 is 0. The zero-order chi connectivity index (χ0) is 22.7. The zero-order valence-corrected chi connectivity index (χ0v) is 16.5. The third-order valence-electron chi connectivity index (χ3n) is 4.85. The summed E-state index contributed by atoms with van der Waals surface area (Å²) in [5.74, 6) is -2.49. The van der Waals surface area contributed by atoms with Gasteiger partial charge in [0.25, 0.3) is 5.69 Å². The molecule has 10 nitrogen and oxygen atoms in total. The predicted molar refractivity (Wildman–Crippen MR) is 107 cm³/mol. The van der Waals surface area contributed by atoms with Gasteiger partial charge in [-0.25, -0.2) is 9.18 Å². The van der Waals surface area contributed by atoms with Gasteiger partial charge in [0.05, 0.1) is 16.5 Å². The summed E-state index contributed by atoms with van der Waals surface area (Å²) in [5.41, 5.74) is 5.90. The number of hydrogen-bond donors (Lipinski definition) is 1. The van der Waals surface area contributed by atoms with Crippen LogP contribution in [0.4, 0.5) is 10.1 Å². The number of non-ortho nitro benzene ring substituents is 1. The van der Waals surface area contributed by atoms with Crippen molar-refractivity contribution in [3.63, 3.8) is 0 Å². The molecule has 0 aliphatic heterocycles. The molecule has 0 saturated carbocycles. The molecule has 0 fully saturated rings. The minimum atomic E-state index is -1.14. The van der Waals surface area contributed by atoms with Gasteiger partial charge in [-0.2, -0.15) is 0 Å². The number of carbonyl (C=O) groups is 2. The van der Waals surface area contributed by atoms with Crippen LogP contribution in [0, 0.1) is 15.9 Å². The summed E-state index contributed by atoms with van der Waals surface area (Å²) in [5, 5.41) is 10.9. The average molecular weight is 430 g/mol. The lowest BCUT2D eigenvalue weighted by Gasteiger charge is -2.26. The average Bonchev–Trinajstić information content (AvgIpc) is 3.02. The van der Waals surface area contributed by atoms with Gasteiger partial charge < -0.3 is 15.1 Å². The fourth-order valence-corrected chi connectivity index (χ4v) is 3.34. The molecule has 11 heteroatoms. The molecule has 0 spiro atoms. The highest BCUT2D eigenvalue weighted by molar-refractivity contribution is 5.87. The molecule has 1 aromatic heterocycles. The van der Waals surface area contributed by atoms with Gasteiger partial charge >= 0.3 is 5.76 Å². The first-order valence-electron chi connectivity index (χ1n) is 9.27. The van der Waals surface area contributed by atoms with E-state index < -0.39 is 34.4 Å². The van der Waals surface area contributed by atoms with Crippen LogP contribution >= 0.6 is 0 Å². The van der Waals surface area contributed by atoms with Crippen LogP contribution in [0.5, 0.6) is 0 Å². The van der Waals surface area contributed by atoms with Gasteiger partial charge in [-0.3, -0.25) is 24.3 Å². The molecular weight excluding hydrogens is 411 g/mol. The van der Waals surface area contributed by atoms with Crippen molar-refractivity contribution in [1.82, 2.24) is 9.47 Å². The molecule has 0 bridgehead atoms. The van der Waals surface area contributed by atoms with Crippen molar-refractivity contribution in [3.05, 3.63) is 74.5 Å². The van der Waals surface area contributed by atoms with E-state index in [1.807, 2.05) is 0 Å². The van der Waals surface area contributed by atoms with Gasteiger partial charge in [0.15, 0.2) is 5.58 Å². The molecule has 0 aliphatic carbocycles. The molecule has 0 saturated heterocycles. The molecule has 1 heterocycles. The van der Waals surface area contributed by atoms with E-state index in [0.29, 0.717) is 5.52 Å². The molecule has 1 atom stereocenters. The standard InChI is InChI=1S/C20H19FN4O6/c1-23(18(19(22)27)12-4-2-5-13(21)10-12)17(26)6-3-9-24-15-8-7-14(25(29)30)11-16(15)31-20(24)28/h2,4-5,7-8,10-11,18H,3,6,9H2,1H3,(H2,22,27). The number of nitrogens with zero attached hydrogens (tertiary/aromatic N) is 3. The largest absolute Gasteiger partial charge is 0.419 e. The number of oxazole rings is 1. The Morgan fingerprint density at radius 1 is 1.29 bits per heavy atom. The summed E-state index contributed by atoms with van der Waals surface area (Å²) in [6, 6.07) is 7.94. The second-order valence-corrected chi connectivity index (χ2v) is 6.90. The van der Waals surface area contributed by atoms with Crippen LogP contribution < -0.4 is 11.5 Å². The van der Waals surface area contributed by atoms with E-state index in [-0.39, 0.29) is 36.2 Å². The Balaban J connectivity index is 1.70. The number of rotatable bonds is 8. The smallest absolute Gasteiger partial charge is 0.407 e. The maximum atomic E-state index is 13.5. The Morgan fingerprint density at radius 3 is 2.68 bits per heavy atom. The van der Waals surface area contributed by atoms with Crippen molar-refractivity contribution < 1.29 is 23.3 Å². The number of fused-ring (bicyclic) bond motifs is 1. The first kappa shape index (κ1) is 21.7. The lowest BCUT2D eigenvalue weighted by molar-refractivity contribution is -0.384. The van der Waals surface area contributed by atoms with Crippen LogP contribution in [0.2, 0.25) is 0 Å². The summed E-state index contributed by atoms with van der Waals surface area (Å²) in [7, 11) is 1.39. The van der Waals surface area contributed by atoms with Crippen molar-refractivity contribution in [1.29, 1.82) is 0 Å². The maximum Gasteiger partial charge on any atom is 0.419 e. The third kappa shape index (κ3) is 4.60. The molecule has 1 unspecified atom stereocenters. The Labute approximate surface area is 174 Å². The molecule has 31 heavy (non-hydrogen) atoms. The number of benzene rings is 2. The third-order valence-corrected chi connectivity index (χ3v) is 4.85. The molecule has 3 aromatic rings. The van der Waals surface area contributed by atoms with Gasteiger partial charge in [-0.1, -0.05) is 12.1 Å². The molecule has 3 rings (SSSR count). The fraction of sp³-hybridized carbons (Fsp3) is 0.250. The highest BCUT2D eigenvalue weighted by Crippen LogP contribution is 2.22. The van der Waals surface area contributed by atoms with Crippen LogP contribution in [-0.2, 0) is 16.1 Å². The predicted octanol–water partition coefficient (Wildman–Crippen LogP) is 2.11. The Morgan fingerprint density at radius 2 is 2.03 bits per heavy atom. The SMILES string of the molecule is CN(C(=O)CCCn1c(=O)oc2cc([N+](=O)[O-])ccc21)C(C(N)=O)c1cccc(F)c1. The molecule has 2 N–H and O–H groups in total. The van der Waals surface area contributed by atoms with E-state index in [4.69, 9.17) is 10.2 Å². The first-order valence-corrected chi connectivity index (χ1v) is 9.27. The molecule has 0 aliphatic rings. The van der Waals surface area contributed by atoms with Gasteiger partial charge in [0.2, 0.25) is 11.8 Å². The lowest BCUT2D eigenvalue weighted by atomic mass is 10.0.